The molecule has 31 heavy (non-hydrogen) atoms. The van der Waals surface area contributed by atoms with Gasteiger partial charge in [0.2, 0.25) is 0 Å². The normalized spacial score (nSPS) is 20.0. The van der Waals surface area contributed by atoms with Gasteiger partial charge in [-0.2, -0.15) is 0 Å². The highest BCUT2D eigenvalue weighted by Gasteiger charge is 2.24. The van der Waals surface area contributed by atoms with Crippen LogP contribution in [0.25, 0.3) is 0 Å². The maximum atomic E-state index is 5.47. The molecule has 7 heteroatoms. The highest BCUT2D eigenvalue weighted by molar-refractivity contribution is 5.79. The molecule has 7 nitrogen and oxygen atoms in total. The number of likely N-dealkylation sites (tertiary alicyclic amines) is 1. The number of likely N-dealkylation sites (N-methyl/N-ethyl adjacent to an activating group) is 1. The Kier molecular flexibility index (Phi) is 9.90. The Balaban J connectivity index is 1.57. The Morgan fingerprint density at radius 3 is 2.45 bits per heavy atom. The number of rotatable bonds is 10. The molecule has 2 aliphatic heterocycles. The number of methoxy groups -OCH3 is 1. The van der Waals surface area contributed by atoms with Gasteiger partial charge in [0.1, 0.15) is 5.75 Å². The van der Waals surface area contributed by atoms with E-state index in [4.69, 9.17) is 9.73 Å². The molecule has 0 aliphatic carbocycles. The summed E-state index contributed by atoms with van der Waals surface area (Å²) >= 11 is 0. The van der Waals surface area contributed by atoms with Crippen molar-refractivity contribution in [3.63, 3.8) is 0 Å². The quantitative estimate of drug-likeness (QED) is 0.438. The molecule has 0 radical (unpaired) electrons. The van der Waals surface area contributed by atoms with Crippen molar-refractivity contribution in [2.45, 2.75) is 32.7 Å². The second kappa shape index (κ2) is 12.9. The molecule has 2 aliphatic rings. The Morgan fingerprint density at radius 1 is 1.03 bits per heavy atom. The number of nitrogens with zero attached hydrogens (tertiary/aromatic N) is 4. The van der Waals surface area contributed by atoms with Gasteiger partial charge in [-0.1, -0.05) is 19.1 Å². The molecule has 2 fully saturated rings. The molecule has 0 spiro atoms. The molecule has 3 rings (SSSR count). The summed E-state index contributed by atoms with van der Waals surface area (Å²) in [6.07, 6.45) is 2.54. The third kappa shape index (κ3) is 7.37. The third-order valence-electron chi connectivity index (χ3n) is 6.46. The number of aliphatic imine (C=N–C) groups is 1. The standard InChI is InChI=1S/C24H42N6O/c1-4-25-24(26-11-14-29-17-15-28(5-2)16-18-29)27-20-23(30-12-6-7-13-30)21-9-8-10-22(19-21)31-3/h8-10,19,23H,4-7,11-18,20H2,1-3H3,(H2,25,26,27). The number of ether oxygens (including phenoxy) is 1. The van der Waals surface area contributed by atoms with Crippen LogP contribution in [0.15, 0.2) is 29.3 Å². The lowest BCUT2D eigenvalue weighted by Crippen LogP contribution is -2.49. The van der Waals surface area contributed by atoms with E-state index in [1.807, 2.05) is 6.07 Å². The first-order valence-corrected chi connectivity index (χ1v) is 12.1. The van der Waals surface area contributed by atoms with Crippen LogP contribution >= 0.6 is 0 Å². The van der Waals surface area contributed by atoms with Crippen molar-refractivity contribution in [3.05, 3.63) is 29.8 Å². The Labute approximate surface area is 188 Å². The van der Waals surface area contributed by atoms with Crippen molar-refractivity contribution in [1.29, 1.82) is 0 Å². The number of guanidine groups is 1. The van der Waals surface area contributed by atoms with E-state index >= 15 is 0 Å². The lowest BCUT2D eigenvalue weighted by Gasteiger charge is -2.34. The summed E-state index contributed by atoms with van der Waals surface area (Å²) in [5.41, 5.74) is 1.29. The summed E-state index contributed by atoms with van der Waals surface area (Å²) in [5.74, 6) is 1.83. The van der Waals surface area contributed by atoms with Crippen molar-refractivity contribution in [2.75, 3.05) is 79.1 Å². The summed E-state index contributed by atoms with van der Waals surface area (Å²) in [4.78, 5) is 12.6. The average Bonchev–Trinajstić information content (AvgIpc) is 3.34. The Hall–Kier alpha value is -1.83. The van der Waals surface area contributed by atoms with Crippen molar-refractivity contribution in [2.24, 2.45) is 4.99 Å². The molecule has 174 valence electrons. The molecular weight excluding hydrogens is 388 g/mol. The van der Waals surface area contributed by atoms with Crippen LogP contribution in [-0.4, -0.2) is 99.8 Å². The minimum absolute atomic E-state index is 0.287. The summed E-state index contributed by atoms with van der Waals surface area (Å²) < 4.78 is 5.47. The van der Waals surface area contributed by atoms with Gasteiger partial charge in [0.25, 0.3) is 0 Å². The minimum atomic E-state index is 0.287. The number of piperazine rings is 1. The highest BCUT2D eigenvalue weighted by Crippen LogP contribution is 2.27. The van der Waals surface area contributed by atoms with Gasteiger partial charge in [-0.3, -0.25) is 14.8 Å². The topological polar surface area (TPSA) is 55.4 Å². The van der Waals surface area contributed by atoms with Crippen LogP contribution in [0.5, 0.6) is 5.75 Å². The minimum Gasteiger partial charge on any atom is -0.497 e. The first-order chi connectivity index (χ1) is 15.2. The SMILES string of the molecule is CCNC(=NCC(c1cccc(OC)c1)N1CCCC1)NCCN1CCN(CC)CC1. The smallest absolute Gasteiger partial charge is 0.191 e. The van der Waals surface area contributed by atoms with Crippen molar-refractivity contribution >= 4 is 5.96 Å². The lowest BCUT2D eigenvalue weighted by molar-refractivity contribution is 0.139. The number of hydrogen-bond donors (Lipinski definition) is 2. The zero-order valence-electron chi connectivity index (χ0n) is 19.8. The molecule has 0 amide bonds. The van der Waals surface area contributed by atoms with Crippen LogP contribution in [0.1, 0.15) is 38.3 Å². The first-order valence-electron chi connectivity index (χ1n) is 12.1. The second-order valence-electron chi connectivity index (χ2n) is 8.46. The Morgan fingerprint density at radius 2 is 1.77 bits per heavy atom. The predicted molar refractivity (Wildman–Crippen MR) is 129 cm³/mol. The van der Waals surface area contributed by atoms with Crippen LogP contribution < -0.4 is 15.4 Å². The maximum Gasteiger partial charge on any atom is 0.191 e. The van der Waals surface area contributed by atoms with Crippen molar-refractivity contribution < 1.29 is 4.74 Å². The molecule has 1 unspecified atom stereocenters. The van der Waals surface area contributed by atoms with Gasteiger partial charge in [0.05, 0.1) is 19.7 Å². The highest BCUT2D eigenvalue weighted by atomic mass is 16.5. The number of nitrogens with one attached hydrogen (secondary N) is 2. The number of benzene rings is 1. The van der Waals surface area contributed by atoms with Gasteiger partial charge in [-0.25, -0.2) is 0 Å². The summed E-state index contributed by atoms with van der Waals surface area (Å²) in [6, 6.07) is 8.75. The fraction of sp³-hybridized carbons (Fsp3) is 0.708. The molecule has 2 N–H and O–H groups in total. The van der Waals surface area contributed by atoms with E-state index in [2.05, 4.69) is 57.4 Å². The molecule has 0 saturated carbocycles. The van der Waals surface area contributed by atoms with Gasteiger partial charge < -0.3 is 20.3 Å². The zero-order chi connectivity index (χ0) is 21.9. The molecule has 2 heterocycles. The summed E-state index contributed by atoms with van der Waals surface area (Å²) in [7, 11) is 1.73. The van der Waals surface area contributed by atoms with E-state index in [-0.39, 0.29) is 6.04 Å². The van der Waals surface area contributed by atoms with Gasteiger partial charge in [0.15, 0.2) is 5.96 Å². The van der Waals surface area contributed by atoms with Crippen molar-refractivity contribution in [1.82, 2.24) is 25.3 Å². The van der Waals surface area contributed by atoms with Crippen LogP contribution in [0.2, 0.25) is 0 Å². The van der Waals surface area contributed by atoms with Gasteiger partial charge in [-0.15, -0.1) is 0 Å². The average molecular weight is 431 g/mol. The van der Waals surface area contributed by atoms with E-state index in [1.54, 1.807) is 7.11 Å². The fourth-order valence-corrected chi connectivity index (χ4v) is 4.51. The van der Waals surface area contributed by atoms with Crippen LogP contribution in [0.4, 0.5) is 0 Å². The third-order valence-corrected chi connectivity index (χ3v) is 6.46. The van der Waals surface area contributed by atoms with E-state index in [0.717, 1.165) is 70.6 Å². The first kappa shape index (κ1) is 23.8. The second-order valence-corrected chi connectivity index (χ2v) is 8.46. The monoisotopic (exact) mass is 430 g/mol. The van der Waals surface area contributed by atoms with E-state index < -0.39 is 0 Å². The van der Waals surface area contributed by atoms with Gasteiger partial charge in [0, 0.05) is 45.8 Å². The van der Waals surface area contributed by atoms with Gasteiger partial charge >= 0.3 is 0 Å². The molecule has 0 bridgehead atoms. The van der Waals surface area contributed by atoms with E-state index in [9.17, 15) is 0 Å². The number of hydrogen-bond acceptors (Lipinski definition) is 5. The van der Waals surface area contributed by atoms with Crippen molar-refractivity contribution in [3.8, 4) is 5.75 Å². The molecule has 1 aromatic carbocycles. The van der Waals surface area contributed by atoms with Crippen LogP contribution in [0, 0.1) is 0 Å². The largest absolute Gasteiger partial charge is 0.497 e. The molecular formula is C24H42N6O. The van der Waals surface area contributed by atoms with Crippen LogP contribution in [-0.2, 0) is 0 Å². The van der Waals surface area contributed by atoms with Crippen LogP contribution in [0.3, 0.4) is 0 Å². The van der Waals surface area contributed by atoms with Gasteiger partial charge in [-0.05, 0) is 57.1 Å². The fourth-order valence-electron chi connectivity index (χ4n) is 4.51. The summed E-state index contributed by atoms with van der Waals surface area (Å²) in [5, 5.41) is 6.98. The Bertz CT molecular complexity index is 668. The molecule has 2 saturated heterocycles. The summed E-state index contributed by atoms with van der Waals surface area (Å²) in [6.45, 7) is 16.1. The lowest BCUT2D eigenvalue weighted by atomic mass is 10.1. The predicted octanol–water partition coefficient (Wildman–Crippen LogP) is 2.02. The van der Waals surface area contributed by atoms with E-state index in [1.165, 1.54) is 31.5 Å². The maximum absolute atomic E-state index is 5.47. The molecule has 0 aromatic heterocycles. The van der Waals surface area contributed by atoms with E-state index in [0.29, 0.717) is 0 Å². The zero-order valence-corrected chi connectivity index (χ0v) is 19.8. The molecule has 1 aromatic rings. The molecule has 1 atom stereocenters.